The molecule has 2 aliphatic heterocycles. The summed E-state index contributed by atoms with van der Waals surface area (Å²) in [6, 6.07) is 8.27. The molecule has 1 aromatic heterocycles. The number of ether oxygens (including phenoxy) is 2. The molecule has 1 saturated heterocycles. The van der Waals surface area contributed by atoms with Gasteiger partial charge in [-0.2, -0.15) is 0 Å². The molecule has 9 nitrogen and oxygen atoms in total. The zero-order valence-electron chi connectivity index (χ0n) is 15.8. The van der Waals surface area contributed by atoms with Gasteiger partial charge in [0.2, 0.25) is 12.7 Å². The van der Waals surface area contributed by atoms with Crippen LogP contribution in [-0.4, -0.2) is 41.1 Å². The third-order valence-electron chi connectivity index (χ3n) is 5.17. The molecule has 0 aliphatic carbocycles. The predicted octanol–water partition coefficient (Wildman–Crippen LogP) is 0.483. The van der Waals surface area contributed by atoms with Crippen molar-refractivity contribution in [3.05, 3.63) is 57.5 Å². The lowest BCUT2D eigenvalue weighted by Gasteiger charge is -2.21. The topological polar surface area (TPSA) is 127 Å². The minimum atomic E-state index is -0.472. The second-order valence-corrected chi connectivity index (χ2v) is 7.13. The van der Waals surface area contributed by atoms with E-state index in [9.17, 15) is 14.4 Å². The van der Waals surface area contributed by atoms with Gasteiger partial charge in [0, 0.05) is 18.8 Å². The highest BCUT2D eigenvalue weighted by Gasteiger charge is 2.29. The Bertz CT molecular complexity index is 1000. The Kier molecular flexibility index (Phi) is 5.22. The van der Waals surface area contributed by atoms with Crippen molar-refractivity contribution in [3.8, 4) is 11.5 Å². The minimum Gasteiger partial charge on any atom is -0.454 e. The maximum atomic E-state index is 12.4. The first-order valence-corrected chi connectivity index (χ1v) is 9.43. The third kappa shape index (κ3) is 4.09. The molecule has 29 heavy (non-hydrogen) atoms. The highest BCUT2D eigenvalue weighted by atomic mass is 16.7. The van der Waals surface area contributed by atoms with Crippen LogP contribution in [0.15, 0.2) is 35.1 Å². The number of carbonyl (C=O) groups is 2. The third-order valence-corrected chi connectivity index (χ3v) is 5.17. The van der Waals surface area contributed by atoms with Crippen molar-refractivity contribution in [3.63, 3.8) is 0 Å². The molecule has 0 unspecified atom stereocenters. The average molecular weight is 398 g/mol. The van der Waals surface area contributed by atoms with Crippen LogP contribution < -0.4 is 26.1 Å². The van der Waals surface area contributed by atoms with Crippen LogP contribution in [0.3, 0.4) is 0 Å². The highest BCUT2D eigenvalue weighted by Crippen LogP contribution is 2.32. The molecule has 2 amide bonds. The number of hydrogen-bond acceptors (Lipinski definition) is 6. The molecule has 2 aromatic rings. The zero-order chi connectivity index (χ0) is 20.4. The number of aromatic nitrogens is 1. The van der Waals surface area contributed by atoms with E-state index in [1.54, 1.807) is 18.2 Å². The Labute approximate surface area is 166 Å². The molecule has 4 rings (SSSR count). The Morgan fingerprint density at radius 2 is 2.03 bits per heavy atom. The van der Waals surface area contributed by atoms with E-state index in [0.717, 1.165) is 24.9 Å². The summed E-state index contributed by atoms with van der Waals surface area (Å²) in [7, 11) is 0. The number of carbonyl (C=O) groups excluding carboxylic acids is 2. The van der Waals surface area contributed by atoms with Crippen LogP contribution in [0.1, 0.15) is 34.5 Å². The largest absolute Gasteiger partial charge is 0.454 e. The summed E-state index contributed by atoms with van der Waals surface area (Å²) in [6.07, 6.45) is 1.61. The molecule has 2 aliphatic rings. The van der Waals surface area contributed by atoms with Crippen molar-refractivity contribution in [1.29, 1.82) is 0 Å². The Balaban J connectivity index is 1.39. The van der Waals surface area contributed by atoms with Gasteiger partial charge in [-0.1, -0.05) is 6.07 Å². The molecule has 4 N–H and O–H groups in total. The van der Waals surface area contributed by atoms with Crippen LogP contribution in [0.2, 0.25) is 0 Å². The van der Waals surface area contributed by atoms with Crippen molar-refractivity contribution in [2.75, 3.05) is 13.3 Å². The fourth-order valence-corrected chi connectivity index (χ4v) is 3.67. The van der Waals surface area contributed by atoms with Crippen molar-refractivity contribution in [2.24, 2.45) is 5.73 Å². The van der Waals surface area contributed by atoms with Crippen molar-refractivity contribution in [1.82, 2.24) is 15.2 Å². The summed E-state index contributed by atoms with van der Waals surface area (Å²) in [5.41, 5.74) is 6.45. The molecule has 1 aromatic carbocycles. The maximum Gasteiger partial charge on any atom is 0.261 e. The highest BCUT2D eigenvalue weighted by molar-refractivity contribution is 5.93. The van der Waals surface area contributed by atoms with Gasteiger partial charge < -0.3 is 25.5 Å². The summed E-state index contributed by atoms with van der Waals surface area (Å²) < 4.78 is 10.6. The maximum absolute atomic E-state index is 12.4. The number of hydrogen-bond donors (Lipinski definition) is 3. The van der Waals surface area contributed by atoms with E-state index >= 15 is 0 Å². The van der Waals surface area contributed by atoms with E-state index in [0.29, 0.717) is 23.7 Å². The van der Waals surface area contributed by atoms with Crippen molar-refractivity contribution >= 4 is 11.8 Å². The van der Waals surface area contributed by atoms with E-state index in [4.69, 9.17) is 15.2 Å². The van der Waals surface area contributed by atoms with Crippen LogP contribution in [0.4, 0.5) is 0 Å². The number of fused-ring (bicyclic) bond motifs is 1. The lowest BCUT2D eigenvalue weighted by Crippen LogP contribution is -2.40. The first kappa shape index (κ1) is 19.0. The van der Waals surface area contributed by atoms with Crippen LogP contribution in [0.25, 0.3) is 0 Å². The quantitative estimate of drug-likeness (QED) is 0.650. The molecule has 9 heteroatoms. The van der Waals surface area contributed by atoms with Crippen LogP contribution in [0.5, 0.6) is 11.5 Å². The summed E-state index contributed by atoms with van der Waals surface area (Å²) >= 11 is 0. The summed E-state index contributed by atoms with van der Waals surface area (Å²) in [4.78, 5) is 41.0. The zero-order valence-corrected chi connectivity index (χ0v) is 15.8. The molecule has 0 bridgehead atoms. The number of amides is 2. The minimum absolute atomic E-state index is 0.0300. The normalized spacial score (nSPS) is 18.0. The first-order valence-electron chi connectivity index (χ1n) is 9.43. The number of nitrogens with zero attached hydrogens (tertiary/aromatic N) is 1. The number of benzene rings is 1. The Hall–Kier alpha value is -3.33. The standard InChI is InChI=1S/C20H22N4O5/c21-18(25)15-2-1-7-24(15)10-13-4-5-14(20(27)23-13)19(26)22-9-12-3-6-16-17(8-12)29-11-28-16/h3-6,8,15H,1-2,7,9-11H2,(H2,21,25)(H,22,26)(H,23,27)/t15-/m0/s1. The number of aromatic amines is 1. The smallest absolute Gasteiger partial charge is 0.261 e. The molecular weight excluding hydrogens is 376 g/mol. The SMILES string of the molecule is NC(=O)[C@@H]1CCCN1Cc1ccc(C(=O)NCc2ccc3c(c2)OCO3)c(=O)[nH]1. The second kappa shape index (κ2) is 7.96. The molecule has 3 heterocycles. The van der Waals surface area contributed by atoms with Crippen LogP contribution >= 0.6 is 0 Å². The molecule has 0 spiro atoms. The van der Waals surface area contributed by atoms with Gasteiger partial charge in [0.05, 0.1) is 6.04 Å². The first-order chi connectivity index (χ1) is 14.0. The lowest BCUT2D eigenvalue weighted by atomic mass is 10.2. The van der Waals surface area contributed by atoms with Crippen molar-refractivity contribution in [2.45, 2.75) is 32.0 Å². The number of nitrogens with one attached hydrogen (secondary N) is 2. The summed E-state index contributed by atoms with van der Waals surface area (Å²) in [6.45, 7) is 1.59. The lowest BCUT2D eigenvalue weighted by molar-refractivity contribution is -0.122. The fourth-order valence-electron chi connectivity index (χ4n) is 3.67. The molecule has 1 fully saturated rings. The molecule has 1 atom stereocenters. The van der Waals surface area contributed by atoms with Gasteiger partial charge in [0.25, 0.3) is 11.5 Å². The summed E-state index contributed by atoms with van der Waals surface area (Å²) in [5.74, 6) is 0.481. The van der Waals surface area contributed by atoms with E-state index < -0.39 is 11.5 Å². The van der Waals surface area contributed by atoms with Crippen LogP contribution in [-0.2, 0) is 17.9 Å². The predicted molar refractivity (Wildman–Crippen MR) is 103 cm³/mol. The van der Waals surface area contributed by atoms with Gasteiger partial charge in [0.1, 0.15) is 5.56 Å². The molecular formula is C20H22N4O5. The van der Waals surface area contributed by atoms with E-state index in [1.165, 1.54) is 6.07 Å². The molecule has 0 saturated carbocycles. The van der Waals surface area contributed by atoms with Gasteiger partial charge >= 0.3 is 0 Å². The van der Waals surface area contributed by atoms with Gasteiger partial charge in [-0.3, -0.25) is 19.3 Å². The monoisotopic (exact) mass is 398 g/mol. The van der Waals surface area contributed by atoms with Gasteiger partial charge in [-0.05, 0) is 49.2 Å². The van der Waals surface area contributed by atoms with Gasteiger partial charge in [-0.25, -0.2) is 0 Å². The Morgan fingerprint density at radius 1 is 1.21 bits per heavy atom. The number of rotatable bonds is 6. The number of likely N-dealkylation sites (tertiary alicyclic amines) is 1. The number of H-pyrrole nitrogens is 1. The molecule has 152 valence electrons. The second-order valence-electron chi connectivity index (χ2n) is 7.13. The number of pyridine rings is 1. The van der Waals surface area contributed by atoms with E-state index in [-0.39, 0.29) is 30.9 Å². The fraction of sp³-hybridized carbons (Fsp3) is 0.350. The van der Waals surface area contributed by atoms with Gasteiger partial charge in [0.15, 0.2) is 11.5 Å². The van der Waals surface area contributed by atoms with E-state index in [1.807, 2.05) is 11.0 Å². The summed E-state index contributed by atoms with van der Waals surface area (Å²) in [5, 5.41) is 2.73. The number of nitrogens with two attached hydrogens (primary N) is 1. The van der Waals surface area contributed by atoms with Crippen LogP contribution in [0, 0.1) is 0 Å². The van der Waals surface area contributed by atoms with E-state index in [2.05, 4.69) is 10.3 Å². The average Bonchev–Trinajstić information content (AvgIpc) is 3.35. The number of primary amides is 1. The van der Waals surface area contributed by atoms with Gasteiger partial charge in [-0.15, -0.1) is 0 Å². The molecule has 0 radical (unpaired) electrons. The van der Waals surface area contributed by atoms with Crippen molar-refractivity contribution < 1.29 is 19.1 Å². The Morgan fingerprint density at radius 3 is 2.83 bits per heavy atom.